The van der Waals surface area contributed by atoms with Crippen LogP contribution in [0.5, 0.6) is 0 Å². The Balaban J connectivity index is 2.41. The van der Waals surface area contributed by atoms with Crippen LogP contribution in [0.15, 0.2) is 60.7 Å². The second-order valence-corrected chi connectivity index (χ2v) is 17.6. The monoisotopic (exact) mass is 526 g/mol. The van der Waals surface area contributed by atoms with Crippen LogP contribution in [0.2, 0.25) is 0 Å². The maximum absolute atomic E-state index is 13.6. The topological polar surface area (TPSA) is 40.6 Å². The molecule has 0 atom stereocenters. The summed E-state index contributed by atoms with van der Waals surface area (Å²) in [7, 11) is 14.3. The molecule has 180 valence electrons. The van der Waals surface area contributed by atoms with Crippen LogP contribution in [0.1, 0.15) is 74.1 Å². The van der Waals surface area contributed by atoms with Gasteiger partial charge in [0.1, 0.15) is 0 Å². The molecule has 0 bridgehead atoms. The van der Waals surface area contributed by atoms with Crippen molar-refractivity contribution in [2.45, 2.75) is 53.4 Å². The summed E-state index contributed by atoms with van der Waals surface area (Å²) in [4.78, 5) is 27.2. The zero-order valence-electron chi connectivity index (χ0n) is 20.1. The molecule has 0 spiro atoms. The van der Waals surface area contributed by atoms with Gasteiger partial charge in [-0.3, -0.25) is 0 Å². The molecule has 0 saturated heterocycles. The zero-order valence-corrected chi connectivity index (χ0v) is 23.2. The molecule has 0 heterocycles. The molecule has 2 rings (SSSR count). The molecular weight excluding hydrogens is 491 g/mol. The van der Waals surface area contributed by atoms with Gasteiger partial charge < -0.3 is 0 Å². The predicted octanol–water partition coefficient (Wildman–Crippen LogP) is 7.44. The third-order valence-corrected chi connectivity index (χ3v) is 12.2. The molecule has 4 nitrogen and oxygen atoms in total. The summed E-state index contributed by atoms with van der Waals surface area (Å²) in [5.74, 6) is 0.580. The van der Waals surface area contributed by atoms with Gasteiger partial charge in [0.05, 0.1) is 0 Å². The van der Waals surface area contributed by atoms with Crippen molar-refractivity contribution in [3.05, 3.63) is 71.8 Å². The molecule has 33 heavy (non-hydrogen) atoms. The molecule has 0 N–H and O–H groups in total. The average Bonchev–Trinajstić information content (AvgIpc) is 2.79. The molecule has 0 fully saturated rings. The Morgan fingerprint density at radius 3 is 1.33 bits per heavy atom. The van der Waals surface area contributed by atoms with Gasteiger partial charge in [0.2, 0.25) is 0 Å². The predicted molar refractivity (Wildman–Crippen MR) is 135 cm³/mol. The Hall–Kier alpha value is -1.33. The first kappa shape index (κ1) is 27.9. The summed E-state index contributed by atoms with van der Waals surface area (Å²) >= 11 is -4.34. The van der Waals surface area contributed by atoms with Gasteiger partial charge in [-0.05, 0) is 0 Å². The first-order chi connectivity index (χ1) is 15.6. The fourth-order valence-electron chi connectivity index (χ4n) is 3.65. The van der Waals surface area contributed by atoms with Crippen LogP contribution in [0.4, 0.5) is 0 Å². The SMILES string of the molecule is CC(C)CCC[N](C(=O)c1ccccc1)[Ti]([Cl])([Cl])[N](CCCC(C)C)C(=O)c1ccccc1. The standard InChI is InChI=1S/2C13H19NO.2ClH.Ti/c2*1-11(2)7-6-10-14-13(15)12-8-4-3-5-9-12;;;/h2*3-5,8-9,11H,6-7,10H2,1-2H3,(H,14,15);2*1H;/q;;;;+4/p-4. The fourth-order valence-corrected chi connectivity index (χ4v) is 9.27. The van der Waals surface area contributed by atoms with Gasteiger partial charge in [-0.25, -0.2) is 0 Å². The summed E-state index contributed by atoms with van der Waals surface area (Å²) in [6.45, 7) is 9.46. The number of nitrogens with zero attached hydrogens (tertiary/aromatic N) is 2. The van der Waals surface area contributed by atoms with Gasteiger partial charge in [0, 0.05) is 0 Å². The summed E-state index contributed by atoms with van der Waals surface area (Å²) < 4.78 is 3.24. The number of hydrogen-bond donors (Lipinski definition) is 0. The molecule has 2 aromatic rings. The van der Waals surface area contributed by atoms with Gasteiger partial charge >= 0.3 is 212 Å². The average molecular weight is 527 g/mol. The number of benzene rings is 2. The summed E-state index contributed by atoms with van der Waals surface area (Å²) in [6.07, 6.45) is 3.46. The molecule has 0 radical (unpaired) electrons. The number of amides is 2. The Kier molecular flexibility index (Phi) is 11.4. The van der Waals surface area contributed by atoms with E-state index in [1.807, 2.05) is 36.4 Å². The van der Waals surface area contributed by atoms with Crippen LogP contribution < -0.4 is 0 Å². The van der Waals surface area contributed by atoms with Crippen LogP contribution in [0.3, 0.4) is 0 Å². The molecule has 0 saturated carbocycles. The van der Waals surface area contributed by atoms with E-state index in [1.54, 1.807) is 31.0 Å². The summed E-state index contributed by atoms with van der Waals surface area (Å²) in [5.41, 5.74) is 1.07. The molecule has 2 aromatic carbocycles. The van der Waals surface area contributed by atoms with Gasteiger partial charge in [-0.2, -0.15) is 0 Å². The number of rotatable bonds is 12. The van der Waals surface area contributed by atoms with Gasteiger partial charge in [-0.1, -0.05) is 0 Å². The van der Waals surface area contributed by atoms with E-state index in [-0.39, 0.29) is 11.8 Å². The van der Waals surface area contributed by atoms with E-state index in [0.717, 1.165) is 25.7 Å². The van der Waals surface area contributed by atoms with Crippen molar-refractivity contribution in [2.75, 3.05) is 13.1 Å². The van der Waals surface area contributed by atoms with E-state index in [2.05, 4.69) is 27.7 Å². The number of carbonyl (C=O) groups excluding carboxylic acids is 2. The van der Waals surface area contributed by atoms with Crippen LogP contribution in [0, 0.1) is 11.8 Å². The van der Waals surface area contributed by atoms with Crippen molar-refractivity contribution in [1.82, 2.24) is 6.76 Å². The van der Waals surface area contributed by atoms with Crippen LogP contribution in [-0.4, -0.2) is 31.7 Å². The Morgan fingerprint density at radius 2 is 1.03 bits per heavy atom. The van der Waals surface area contributed by atoms with Crippen molar-refractivity contribution in [1.29, 1.82) is 0 Å². The van der Waals surface area contributed by atoms with E-state index in [9.17, 15) is 9.59 Å². The molecule has 0 aliphatic heterocycles. The van der Waals surface area contributed by atoms with Crippen molar-refractivity contribution in [3.63, 3.8) is 0 Å². The summed E-state index contributed by atoms with van der Waals surface area (Å²) in [6, 6.07) is 18.1. The first-order valence-corrected chi connectivity index (χ1v) is 17.5. The minimum atomic E-state index is -4.34. The Labute approximate surface area is 211 Å². The molecule has 0 aromatic heterocycles. The van der Waals surface area contributed by atoms with Crippen molar-refractivity contribution >= 4 is 30.4 Å². The summed E-state index contributed by atoms with van der Waals surface area (Å²) in [5, 5.41) is 0. The fraction of sp³-hybridized carbons (Fsp3) is 0.462. The normalized spacial score (nSPS) is 11.6. The molecule has 0 aliphatic carbocycles. The molecule has 7 heteroatoms. The third-order valence-electron chi connectivity index (χ3n) is 5.51. The Morgan fingerprint density at radius 1 is 0.697 bits per heavy atom. The first-order valence-electron chi connectivity index (χ1n) is 11.8. The van der Waals surface area contributed by atoms with E-state index in [1.165, 1.54) is 0 Å². The van der Waals surface area contributed by atoms with Crippen LogP contribution in [-0.2, 0) is 15.0 Å². The number of halogens is 2. The van der Waals surface area contributed by atoms with Crippen molar-refractivity contribution in [2.24, 2.45) is 11.8 Å². The maximum atomic E-state index is 13.6. The van der Waals surface area contributed by atoms with Crippen LogP contribution >= 0.6 is 18.6 Å². The number of hydrogen-bond acceptors (Lipinski definition) is 2. The molecule has 0 unspecified atom stereocenters. The molecular formula is C26H36Cl2N2O2Ti. The second-order valence-electron chi connectivity index (χ2n) is 9.23. The van der Waals surface area contributed by atoms with Gasteiger partial charge in [0.25, 0.3) is 0 Å². The van der Waals surface area contributed by atoms with Crippen molar-refractivity contribution in [3.8, 4) is 0 Å². The third kappa shape index (κ3) is 8.44. The quantitative estimate of drug-likeness (QED) is 0.269. The van der Waals surface area contributed by atoms with E-state index < -0.39 is 15.0 Å². The van der Waals surface area contributed by atoms with Crippen molar-refractivity contribution < 1.29 is 24.6 Å². The van der Waals surface area contributed by atoms with E-state index in [0.29, 0.717) is 36.1 Å². The van der Waals surface area contributed by atoms with Crippen LogP contribution in [0.25, 0.3) is 0 Å². The second kappa shape index (κ2) is 13.5. The van der Waals surface area contributed by atoms with E-state index >= 15 is 0 Å². The molecule has 2 amide bonds. The number of carbonyl (C=O) groups is 2. The Bertz CT molecular complexity index is 805. The zero-order chi connectivity index (χ0) is 24.4. The van der Waals surface area contributed by atoms with Gasteiger partial charge in [0.15, 0.2) is 0 Å². The van der Waals surface area contributed by atoms with Gasteiger partial charge in [-0.15, -0.1) is 0 Å². The van der Waals surface area contributed by atoms with E-state index in [4.69, 9.17) is 18.6 Å². The molecule has 0 aliphatic rings. The minimum absolute atomic E-state index is 0.209.